The number of ether oxygens (including phenoxy) is 2. The van der Waals surface area contributed by atoms with Gasteiger partial charge >= 0.3 is 6.36 Å². The van der Waals surface area contributed by atoms with Gasteiger partial charge in [0, 0.05) is 6.07 Å². The van der Waals surface area contributed by atoms with Crippen LogP contribution < -0.4 is 15.0 Å². The predicted octanol–water partition coefficient (Wildman–Crippen LogP) is 1.66. The lowest BCUT2D eigenvalue weighted by atomic mass is 10.2. The fraction of sp³-hybridized carbons (Fsp3) is 0.250. The van der Waals surface area contributed by atoms with E-state index < -0.39 is 28.5 Å². The van der Waals surface area contributed by atoms with Gasteiger partial charge in [0.25, 0.3) is 10.8 Å². The molecule has 1 heterocycles. The van der Waals surface area contributed by atoms with E-state index in [1.165, 1.54) is 0 Å². The molecular weight excluding hydrogens is 267 g/mol. The van der Waals surface area contributed by atoms with Crippen LogP contribution in [0.3, 0.4) is 0 Å². The summed E-state index contributed by atoms with van der Waals surface area (Å²) >= 11 is 5.04. The molecule has 1 aromatic rings. The summed E-state index contributed by atoms with van der Waals surface area (Å²) in [5, 5.41) is -1.27. The molecule has 0 fully saturated rings. The summed E-state index contributed by atoms with van der Waals surface area (Å²) in [5.74, 6) is -1.44. The summed E-state index contributed by atoms with van der Waals surface area (Å²) in [5.41, 5.74) is -2.00. The van der Waals surface area contributed by atoms with Crippen molar-refractivity contribution in [3.63, 3.8) is 0 Å². The van der Waals surface area contributed by atoms with Crippen molar-refractivity contribution in [1.82, 2.24) is 4.98 Å². The van der Waals surface area contributed by atoms with Gasteiger partial charge in [-0.25, -0.2) is 0 Å². The minimum absolute atomic E-state index is 0.214. The molecule has 94 valence electrons. The van der Waals surface area contributed by atoms with Gasteiger partial charge < -0.3 is 9.47 Å². The van der Waals surface area contributed by atoms with Crippen molar-refractivity contribution in [2.45, 2.75) is 6.36 Å². The average molecular weight is 272 g/mol. The SMILES string of the molecule is COc1cc(C(=O)Cl)c(OC(F)(F)F)c(=O)[nH]1. The van der Waals surface area contributed by atoms with Gasteiger partial charge in [-0.05, 0) is 11.6 Å². The second kappa shape index (κ2) is 4.66. The van der Waals surface area contributed by atoms with Gasteiger partial charge in [-0.15, -0.1) is 13.2 Å². The van der Waals surface area contributed by atoms with Gasteiger partial charge in [0.15, 0.2) is 5.88 Å². The van der Waals surface area contributed by atoms with Crippen LogP contribution in [0, 0.1) is 0 Å². The zero-order chi connectivity index (χ0) is 13.2. The minimum Gasteiger partial charge on any atom is -0.482 e. The molecule has 0 amide bonds. The number of hydrogen-bond acceptors (Lipinski definition) is 4. The lowest BCUT2D eigenvalue weighted by Crippen LogP contribution is -2.25. The smallest absolute Gasteiger partial charge is 0.482 e. The summed E-state index contributed by atoms with van der Waals surface area (Å²) in [7, 11) is 1.15. The summed E-state index contributed by atoms with van der Waals surface area (Å²) in [6.07, 6.45) is -5.11. The Morgan fingerprint density at radius 1 is 1.47 bits per heavy atom. The monoisotopic (exact) mass is 271 g/mol. The van der Waals surface area contributed by atoms with E-state index in [0.717, 1.165) is 13.2 Å². The van der Waals surface area contributed by atoms with Gasteiger partial charge in [0.1, 0.15) is 0 Å². The first kappa shape index (κ1) is 13.4. The van der Waals surface area contributed by atoms with E-state index in [9.17, 15) is 22.8 Å². The summed E-state index contributed by atoms with van der Waals surface area (Å²) in [6.45, 7) is 0. The predicted molar refractivity (Wildman–Crippen MR) is 50.5 cm³/mol. The van der Waals surface area contributed by atoms with E-state index in [2.05, 4.69) is 9.47 Å². The molecule has 0 radical (unpaired) electrons. The fourth-order valence-corrected chi connectivity index (χ4v) is 1.14. The van der Waals surface area contributed by atoms with Crippen LogP contribution in [0.4, 0.5) is 13.2 Å². The summed E-state index contributed by atoms with van der Waals surface area (Å²) < 4.78 is 43.9. The highest BCUT2D eigenvalue weighted by Gasteiger charge is 2.34. The Bertz CT molecular complexity index is 497. The highest BCUT2D eigenvalue weighted by molar-refractivity contribution is 6.68. The molecule has 1 N–H and O–H groups in total. The third-order valence-corrected chi connectivity index (χ3v) is 1.82. The van der Waals surface area contributed by atoms with E-state index in [4.69, 9.17) is 11.6 Å². The Labute approximate surface area is 97.1 Å². The molecule has 0 saturated carbocycles. The van der Waals surface area contributed by atoms with Gasteiger partial charge in [0.2, 0.25) is 5.75 Å². The Morgan fingerprint density at radius 2 is 2.06 bits per heavy atom. The normalized spacial score (nSPS) is 11.1. The molecule has 17 heavy (non-hydrogen) atoms. The molecule has 1 aromatic heterocycles. The zero-order valence-corrected chi connectivity index (χ0v) is 8.98. The summed E-state index contributed by atoms with van der Waals surface area (Å²) in [6, 6.07) is 0.831. The first-order valence-electron chi connectivity index (χ1n) is 4.01. The number of halogens is 4. The molecule has 0 aliphatic rings. The van der Waals surface area contributed by atoms with Crippen LogP contribution in [0.5, 0.6) is 11.6 Å². The molecule has 1 rings (SSSR count). The summed E-state index contributed by atoms with van der Waals surface area (Å²) in [4.78, 5) is 24.0. The fourth-order valence-electron chi connectivity index (χ4n) is 0.997. The number of aromatic amines is 1. The quantitative estimate of drug-likeness (QED) is 0.849. The molecule has 0 aliphatic heterocycles. The molecule has 0 saturated heterocycles. The van der Waals surface area contributed by atoms with Crippen LogP contribution >= 0.6 is 11.6 Å². The van der Waals surface area contributed by atoms with Crippen LogP contribution in [0.1, 0.15) is 10.4 Å². The lowest BCUT2D eigenvalue weighted by Gasteiger charge is -2.11. The number of methoxy groups -OCH3 is 1. The molecular formula is C8H5ClF3NO4. The Morgan fingerprint density at radius 3 is 2.47 bits per heavy atom. The van der Waals surface area contributed by atoms with E-state index in [1.807, 2.05) is 4.98 Å². The molecule has 5 nitrogen and oxygen atoms in total. The largest absolute Gasteiger partial charge is 0.573 e. The van der Waals surface area contributed by atoms with Crippen molar-refractivity contribution in [1.29, 1.82) is 0 Å². The molecule has 0 bridgehead atoms. The first-order valence-corrected chi connectivity index (χ1v) is 4.39. The number of nitrogens with one attached hydrogen (secondary N) is 1. The highest BCUT2D eigenvalue weighted by atomic mass is 35.5. The van der Waals surface area contributed by atoms with E-state index >= 15 is 0 Å². The molecule has 0 atom stereocenters. The Kier molecular flexibility index (Phi) is 3.66. The Hall–Kier alpha value is -1.70. The van der Waals surface area contributed by atoms with Crippen molar-refractivity contribution < 1.29 is 27.4 Å². The van der Waals surface area contributed by atoms with Crippen LogP contribution in [0.25, 0.3) is 0 Å². The van der Waals surface area contributed by atoms with E-state index in [-0.39, 0.29) is 5.88 Å². The molecule has 0 unspecified atom stereocenters. The van der Waals surface area contributed by atoms with Crippen molar-refractivity contribution >= 4 is 16.8 Å². The van der Waals surface area contributed by atoms with Crippen molar-refractivity contribution in [2.24, 2.45) is 0 Å². The maximum atomic E-state index is 12.0. The van der Waals surface area contributed by atoms with E-state index in [1.54, 1.807) is 0 Å². The number of pyridine rings is 1. The van der Waals surface area contributed by atoms with Crippen molar-refractivity contribution in [3.05, 3.63) is 22.0 Å². The van der Waals surface area contributed by atoms with Crippen molar-refractivity contribution in [3.8, 4) is 11.6 Å². The third kappa shape index (κ3) is 3.38. The van der Waals surface area contributed by atoms with Crippen molar-refractivity contribution in [2.75, 3.05) is 7.11 Å². The number of hydrogen-bond donors (Lipinski definition) is 1. The first-order chi connectivity index (χ1) is 7.74. The number of carbonyl (C=O) groups is 1. The molecule has 0 aromatic carbocycles. The Balaban J connectivity index is 3.37. The second-order valence-corrected chi connectivity index (χ2v) is 3.07. The average Bonchev–Trinajstić information content (AvgIpc) is 2.18. The number of H-pyrrole nitrogens is 1. The van der Waals surface area contributed by atoms with Gasteiger partial charge in [-0.2, -0.15) is 0 Å². The molecule has 0 spiro atoms. The van der Waals surface area contributed by atoms with E-state index in [0.29, 0.717) is 0 Å². The second-order valence-electron chi connectivity index (χ2n) is 2.73. The maximum absolute atomic E-state index is 12.0. The number of rotatable bonds is 3. The maximum Gasteiger partial charge on any atom is 0.573 e. The van der Waals surface area contributed by atoms with Crippen LogP contribution in [-0.4, -0.2) is 23.7 Å². The number of aromatic nitrogens is 1. The molecule has 0 aliphatic carbocycles. The topological polar surface area (TPSA) is 68.4 Å². The number of carbonyl (C=O) groups excluding carboxylic acids is 1. The van der Waals surface area contributed by atoms with Crippen LogP contribution in [-0.2, 0) is 0 Å². The lowest BCUT2D eigenvalue weighted by molar-refractivity contribution is -0.275. The van der Waals surface area contributed by atoms with Crippen LogP contribution in [0.2, 0.25) is 0 Å². The van der Waals surface area contributed by atoms with Gasteiger partial charge in [-0.1, -0.05) is 0 Å². The zero-order valence-electron chi connectivity index (χ0n) is 8.22. The third-order valence-electron chi connectivity index (χ3n) is 1.61. The van der Waals surface area contributed by atoms with Crippen LogP contribution in [0.15, 0.2) is 10.9 Å². The van der Waals surface area contributed by atoms with Gasteiger partial charge in [0.05, 0.1) is 12.7 Å². The number of alkyl halides is 3. The minimum atomic E-state index is -5.11. The van der Waals surface area contributed by atoms with Gasteiger partial charge in [-0.3, -0.25) is 14.6 Å². The molecule has 9 heteroatoms. The highest BCUT2D eigenvalue weighted by Crippen LogP contribution is 2.25. The standard InChI is InChI=1S/C8H5ClF3NO4/c1-16-4-2-3(6(9)14)5(7(15)13-4)17-8(10,11)12/h2H,1H3,(H,13,15).